The standard InChI is InChI=1S/C17H27N3O2/c1-18-17(20-11-8-15-6-3-2-4-7-15)19-10-5-12-22-16-9-13-21-14-16/h2-4,6-7,16H,5,8-14H2,1H3,(H2,18,19,20). The van der Waals surface area contributed by atoms with E-state index in [9.17, 15) is 0 Å². The van der Waals surface area contributed by atoms with E-state index in [1.54, 1.807) is 7.05 Å². The van der Waals surface area contributed by atoms with E-state index in [0.29, 0.717) is 6.10 Å². The second-order valence-corrected chi connectivity index (χ2v) is 5.37. The van der Waals surface area contributed by atoms with Crippen molar-refractivity contribution in [3.05, 3.63) is 35.9 Å². The first-order valence-corrected chi connectivity index (χ1v) is 8.06. The van der Waals surface area contributed by atoms with E-state index in [0.717, 1.165) is 58.1 Å². The molecule has 0 amide bonds. The molecule has 5 heteroatoms. The van der Waals surface area contributed by atoms with Crippen LogP contribution in [0.4, 0.5) is 0 Å². The van der Waals surface area contributed by atoms with Gasteiger partial charge in [0.15, 0.2) is 5.96 Å². The van der Waals surface area contributed by atoms with E-state index in [2.05, 4.69) is 39.9 Å². The SMILES string of the molecule is CN=C(NCCCOC1CCOC1)NCCc1ccccc1. The quantitative estimate of drug-likeness (QED) is 0.435. The lowest BCUT2D eigenvalue weighted by Gasteiger charge is -2.13. The summed E-state index contributed by atoms with van der Waals surface area (Å²) in [5.41, 5.74) is 1.33. The van der Waals surface area contributed by atoms with Crippen LogP contribution in [0.25, 0.3) is 0 Å². The highest BCUT2D eigenvalue weighted by Crippen LogP contribution is 2.07. The molecule has 1 saturated heterocycles. The van der Waals surface area contributed by atoms with Gasteiger partial charge in [0, 0.05) is 33.4 Å². The number of nitrogens with one attached hydrogen (secondary N) is 2. The van der Waals surface area contributed by atoms with Crippen LogP contribution in [0.2, 0.25) is 0 Å². The van der Waals surface area contributed by atoms with E-state index in [4.69, 9.17) is 9.47 Å². The van der Waals surface area contributed by atoms with Gasteiger partial charge in [-0.2, -0.15) is 0 Å². The van der Waals surface area contributed by atoms with Gasteiger partial charge in [-0.05, 0) is 24.8 Å². The lowest BCUT2D eigenvalue weighted by molar-refractivity contribution is 0.0420. The van der Waals surface area contributed by atoms with E-state index < -0.39 is 0 Å². The molecule has 1 aliphatic heterocycles. The first kappa shape index (κ1) is 16.8. The number of hydrogen-bond acceptors (Lipinski definition) is 3. The molecule has 0 spiro atoms. The molecule has 0 saturated carbocycles. The van der Waals surface area contributed by atoms with E-state index >= 15 is 0 Å². The highest BCUT2D eigenvalue weighted by Gasteiger charge is 2.15. The number of ether oxygens (including phenoxy) is 2. The third-order valence-electron chi connectivity index (χ3n) is 3.63. The molecule has 1 aliphatic rings. The highest BCUT2D eigenvalue weighted by molar-refractivity contribution is 5.79. The minimum Gasteiger partial charge on any atom is -0.379 e. The van der Waals surface area contributed by atoms with Crippen molar-refractivity contribution in [2.24, 2.45) is 4.99 Å². The van der Waals surface area contributed by atoms with Crippen LogP contribution in [0, 0.1) is 0 Å². The van der Waals surface area contributed by atoms with Crippen molar-refractivity contribution in [3.63, 3.8) is 0 Å². The highest BCUT2D eigenvalue weighted by atomic mass is 16.5. The van der Waals surface area contributed by atoms with Crippen LogP contribution < -0.4 is 10.6 Å². The van der Waals surface area contributed by atoms with Crippen LogP contribution in [0.15, 0.2) is 35.3 Å². The van der Waals surface area contributed by atoms with Gasteiger partial charge in [-0.1, -0.05) is 30.3 Å². The first-order valence-electron chi connectivity index (χ1n) is 8.06. The molecule has 0 bridgehead atoms. The zero-order chi connectivity index (χ0) is 15.5. The van der Waals surface area contributed by atoms with Crippen LogP contribution in [-0.4, -0.2) is 52.0 Å². The monoisotopic (exact) mass is 305 g/mol. The summed E-state index contributed by atoms with van der Waals surface area (Å²) in [6, 6.07) is 10.5. The largest absolute Gasteiger partial charge is 0.379 e. The minimum absolute atomic E-state index is 0.295. The molecular weight excluding hydrogens is 278 g/mol. The Hall–Kier alpha value is -1.59. The molecule has 22 heavy (non-hydrogen) atoms. The van der Waals surface area contributed by atoms with Crippen molar-refractivity contribution in [1.29, 1.82) is 0 Å². The van der Waals surface area contributed by atoms with Crippen molar-refractivity contribution in [1.82, 2.24) is 10.6 Å². The van der Waals surface area contributed by atoms with Gasteiger partial charge < -0.3 is 20.1 Å². The summed E-state index contributed by atoms with van der Waals surface area (Å²) in [6.07, 6.45) is 3.28. The van der Waals surface area contributed by atoms with Gasteiger partial charge in [0.05, 0.1) is 12.7 Å². The van der Waals surface area contributed by atoms with Crippen LogP contribution in [0.1, 0.15) is 18.4 Å². The Balaban J connectivity index is 1.51. The van der Waals surface area contributed by atoms with E-state index in [-0.39, 0.29) is 0 Å². The average Bonchev–Trinajstić information content (AvgIpc) is 3.07. The van der Waals surface area contributed by atoms with Gasteiger partial charge in [-0.3, -0.25) is 4.99 Å². The van der Waals surface area contributed by atoms with Crippen molar-refractivity contribution >= 4 is 5.96 Å². The molecule has 2 rings (SSSR count). The molecule has 1 heterocycles. The molecule has 1 fully saturated rings. The lowest BCUT2D eigenvalue weighted by atomic mass is 10.1. The topological polar surface area (TPSA) is 54.9 Å². The third kappa shape index (κ3) is 6.45. The molecule has 1 unspecified atom stereocenters. The number of benzene rings is 1. The molecule has 5 nitrogen and oxygen atoms in total. The Morgan fingerprint density at radius 2 is 2.09 bits per heavy atom. The Bertz CT molecular complexity index is 431. The lowest BCUT2D eigenvalue weighted by Crippen LogP contribution is -2.39. The third-order valence-corrected chi connectivity index (χ3v) is 3.63. The summed E-state index contributed by atoms with van der Waals surface area (Å²) in [5, 5.41) is 6.64. The van der Waals surface area contributed by atoms with E-state index in [1.807, 2.05) is 6.07 Å². The van der Waals surface area contributed by atoms with Crippen LogP contribution >= 0.6 is 0 Å². The molecule has 1 atom stereocenters. The summed E-state index contributed by atoms with van der Waals surface area (Å²) in [5.74, 6) is 0.847. The minimum atomic E-state index is 0.295. The predicted octanol–water partition coefficient (Wildman–Crippen LogP) is 1.59. The second kappa shape index (κ2) is 10.2. The molecule has 0 radical (unpaired) electrons. The van der Waals surface area contributed by atoms with Crippen LogP contribution in [0.3, 0.4) is 0 Å². The summed E-state index contributed by atoms with van der Waals surface area (Å²) < 4.78 is 11.0. The molecule has 1 aromatic carbocycles. The summed E-state index contributed by atoms with van der Waals surface area (Å²) in [7, 11) is 1.80. The summed E-state index contributed by atoms with van der Waals surface area (Å²) in [4.78, 5) is 4.23. The van der Waals surface area contributed by atoms with Gasteiger partial charge in [-0.25, -0.2) is 0 Å². The number of rotatable bonds is 8. The van der Waals surface area contributed by atoms with Crippen molar-refractivity contribution in [3.8, 4) is 0 Å². The molecule has 1 aromatic rings. The maximum absolute atomic E-state index is 5.73. The first-order chi connectivity index (χ1) is 10.9. The van der Waals surface area contributed by atoms with Crippen molar-refractivity contribution in [2.45, 2.75) is 25.4 Å². The number of guanidine groups is 1. The normalized spacial score (nSPS) is 18.4. The summed E-state index contributed by atoms with van der Waals surface area (Å²) >= 11 is 0. The molecule has 2 N–H and O–H groups in total. The van der Waals surface area contributed by atoms with Crippen LogP contribution in [-0.2, 0) is 15.9 Å². The zero-order valence-corrected chi connectivity index (χ0v) is 13.4. The molecular formula is C17H27N3O2. The Morgan fingerprint density at radius 3 is 2.82 bits per heavy atom. The second-order valence-electron chi connectivity index (χ2n) is 5.37. The van der Waals surface area contributed by atoms with Gasteiger partial charge >= 0.3 is 0 Å². The maximum atomic E-state index is 5.73. The Morgan fingerprint density at radius 1 is 1.27 bits per heavy atom. The summed E-state index contributed by atoms with van der Waals surface area (Å²) in [6.45, 7) is 4.08. The fourth-order valence-electron chi connectivity index (χ4n) is 2.36. The van der Waals surface area contributed by atoms with Gasteiger partial charge in [0.1, 0.15) is 0 Å². The number of nitrogens with zero attached hydrogens (tertiary/aromatic N) is 1. The number of hydrogen-bond donors (Lipinski definition) is 2. The fourth-order valence-corrected chi connectivity index (χ4v) is 2.36. The Kier molecular flexibility index (Phi) is 7.77. The molecule has 0 aromatic heterocycles. The maximum Gasteiger partial charge on any atom is 0.190 e. The van der Waals surface area contributed by atoms with E-state index in [1.165, 1.54) is 5.56 Å². The van der Waals surface area contributed by atoms with Crippen molar-refractivity contribution < 1.29 is 9.47 Å². The fraction of sp³-hybridized carbons (Fsp3) is 0.588. The zero-order valence-electron chi connectivity index (χ0n) is 13.4. The average molecular weight is 305 g/mol. The number of aliphatic imine (C=N–C) groups is 1. The molecule has 0 aliphatic carbocycles. The van der Waals surface area contributed by atoms with Gasteiger partial charge in [-0.15, -0.1) is 0 Å². The van der Waals surface area contributed by atoms with Gasteiger partial charge in [0.2, 0.25) is 0 Å². The van der Waals surface area contributed by atoms with Gasteiger partial charge in [0.25, 0.3) is 0 Å². The smallest absolute Gasteiger partial charge is 0.190 e. The van der Waals surface area contributed by atoms with Crippen molar-refractivity contribution in [2.75, 3.05) is 40.0 Å². The molecule has 122 valence electrons. The predicted molar refractivity (Wildman–Crippen MR) is 89.3 cm³/mol. The van der Waals surface area contributed by atoms with Crippen LogP contribution in [0.5, 0.6) is 0 Å². The Labute approximate surface area is 133 Å².